The van der Waals surface area contributed by atoms with E-state index < -0.39 is 20.7 Å². The third-order valence-corrected chi connectivity index (χ3v) is 16.1. The number of pyridine rings is 2. The zero-order chi connectivity index (χ0) is 51.8. The Kier molecular flexibility index (Phi) is 11.8. The fraction of sp³-hybridized carbons (Fsp3) is 0.141. The number of halogens is 2. The predicted octanol–water partition coefficient (Wildman–Crippen LogP) is 16.0. The van der Waals surface area contributed by atoms with Crippen LogP contribution < -0.4 is 5.19 Å². The first-order valence-corrected chi connectivity index (χ1v) is 27.4. The summed E-state index contributed by atoms with van der Waals surface area (Å²) in [5.41, 5.74) is 16.8. The van der Waals surface area contributed by atoms with Crippen molar-refractivity contribution in [2.24, 2.45) is 0 Å². The molecule has 4 nitrogen and oxygen atoms in total. The van der Waals surface area contributed by atoms with Gasteiger partial charge in [0.1, 0.15) is 0 Å². The molecule has 0 N–H and O–H groups in total. The minimum atomic E-state index is -2.27. The minimum Gasteiger partial charge on any atom is -0.333 e. The number of aromatic nitrogens is 4. The van der Waals surface area contributed by atoms with Crippen molar-refractivity contribution in [3.8, 4) is 61.7 Å². The van der Waals surface area contributed by atoms with E-state index in [2.05, 4.69) is 147 Å². The van der Waals surface area contributed by atoms with E-state index in [0.29, 0.717) is 23.2 Å². The predicted molar refractivity (Wildman–Crippen MR) is 292 cm³/mol. The quantitative estimate of drug-likeness (QED) is 0.0947. The van der Waals surface area contributed by atoms with Gasteiger partial charge in [0.05, 0.1) is 24.9 Å². The van der Waals surface area contributed by atoms with Crippen molar-refractivity contribution in [1.29, 1.82) is 0 Å². The minimum absolute atomic E-state index is 0. The van der Waals surface area contributed by atoms with Crippen molar-refractivity contribution in [2.45, 2.75) is 60.6 Å². The van der Waals surface area contributed by atoms with Crippen molar-refractivity contribution >= 4 is 45.8 Å². The molecule has 0 unspecified atom stereocenters. The van der Waals surface area contributed by atoms with Crippen LogP contribution in [0.2, 0.25) is 19.6 Å². The summed E-state index contributed by atoms with van der Waals surface area (Å²) in [4.78, 5) is 14.1. The maximum absolute atomic E-state index is 15.6. The van der Waals surface area contributed by atoms with E-state index in [-0.39, 0.29) is 37.0 Å². The molecule has 8 aromatic carbocycles. The van der Waals surface area contributed by atoms with Crippen LogP contribution in [-0.2, 0) is 26.5 Å². The van der Waals surface area contributed by atoms with Gasteiger partial charge in [-0.3, -0.25) is 18.7 Å². The molecule has 0 spiro atoms. The number of aryl methyl sites for hydroxylation is 5. The van der Waals surface area contributed by atoms with Crippen LogP contribution in [0, 0.1) is 58.3 Å². The fourth-order valence-electron chi connectivity index (χ4n) is 10.5. The van der Waals surface area contributed by atoms with Gasteiger partial charge in [0.2, 0.25) is 0 Å². The normalized spacial score (nSPS) is 12.7. The summed E-state index contributed by atoms with van der Waals surface area (Å²) < 4.78 is 56.3. The second kappa shape index (κ2) is 19.1. The van der Waals surface area contributed by atoms with Crippen molar-refractivity contribution in [3.05, 3.63) is 221 Å². The second-order valence-electron chi connectivity index (χ2n) is 19.7. The van der Waals surface area contributed by atoms with E-state index in [1.165, 1.54) is 62.0 Å². The summed E-state index contributed by atoms with van der Waals surface area (Å²) in [5.74, 6) is 0.0202. The molecule has 0 fully saturated rings. The molecular weight excluding hydrogens is 1080 g/mol. The molecule has 3 heterocycles. The van der Waals surface area contributed by atoms with Gasteiger partial charge in [0.15, 0.2) is 0 Å². The number of hydrogen-bond donors (Lipinski definition) is 0. The Hall–Kier alpha value is -7.22. The van der Waals surface area contributed by atoms with Crippen molar-refractivity contribution in [1.82, 2.24) is 19.5 Å². The van der Waals surface area contributed by atoms with Gasteiger partial charge in [0, 0.05) is 60.1 Å². The average molecular weight is 1140 g/mol. The standard InChI is InChI=1S/C43H31FN3.C21H21FNSi.Ir/c1-24-18-30(28-10-6-5-7-11-28)19-25(2)42(24)47-40-22-34-27(4)26(3)31-12-8-9-13-32(31)35(34)21-39(40)46-43(47)33-14-15-38(44)41-36(33)20-29-16-17-45-23-37(29)41;1-15-12-20(23-14-21(15)24(2,3)4)18-11-10-17(13-19(18)22)16-8-6-5-7-9-16;/h5-13,15-19,21-23H,20H2,1-4H3;5-10,12-14H,1-4H3;/q2*-1;/i;1D3;. The summed E-state index contributed by atoms with van der Waals surface area (Å²) in [6, 6.07) is 52.1. The molecule has 8 heteroatoms. The van der Waals surface area contributed by atoms with Crippen LogP contribution in [0.4, 0.5) is 8.78 Å². The summed E-state index contributed by atoms with van der Waals surface area (Å²) >= 11 is 0. The Balaban J connectivity index is 0.000000196. The van der Waals surface area contributed by atoms with Crippen molar-refractivity contribution in [3.63, 3.8) is 0 Å². The van der Waals surface area contributed by atoms with Crippen molar-refractivity contribution < 1.29 is 33.0 Å². The molecule has 11 aromatic rings. The molecule has 0 saturated carbocycles. The van der Waals surface area contributed by atoms with E-state index in [9.17, 15) is 4.39 Å². The maximum Gasteiger partial charge on any atom is 0.0798 e. The molecule has 357 valence electrons. The fourth-order valence-corrected chi connectivity index (χ4v) is 11.8. The molecule has 0 aliphatic heterocycles. The van der Waals surface area contributed by atoms with Gasteiger partial charge in [-0.05, 0) is 148 Å². The Morgan fingerprint density at radius 1 is 0.625 bits per heavy atom. The van der Waals surface area contributed by atoms with Gasteiger partial charge in [-0.2, -0.15) is 0 Å². The monoisotopic (exact) mass is 1140 g/mol. The van der Waals surface area contributed by atoms with Crippen LogP contribution in [0.3, 0.4) is 0 Å². The van der Waals surface area contributed by atoms with Crippen LogP contribution in [0.25, 0.3) is 94.3 Å². The van der Waals surface area contributed by atoms with Gasteiger partial charge >= 0.3 is 0 Å². The molecule has 12 rings (SSSR count). The number of fused-ring (bicyclic) bond motifs is 7. The molecule has 0 bridgehead atoms. The molecule has 0 amide bonds. The van der Waals surface area contributed by atoms with Crippen molar-refractivity contribution in [2.75, 3.05) is 0 Å². The summed E-state index contributed by atoms with van der Waals surface area (Å²) in [5, 5.41) is 5.65. The second-order valence-corrected chi connectivity index (χ2v) is 24.7. The molecule has 72 heavy (non-hydrogen) atoms. The number of nitrogens with zero attached hydrogens (tertiary/aromatic N) is 4. The molecule has 3 aromatic heterocycles. The van der Waals surface area contributed by atoms with Crippen LogP contribution in [0.5, 0.6) is 0 Å². The first-order valence-electron chi connectivity index (χ1n) is 25.4. The third-order valence-electron chi connectivity index (χ3n) is 14.1. The Labute approximate surface area is 439 Å². The SMILES string of the molecule is Cc1cc(-c2ccccc2)cc(C)c1-n1c(-c2[c-]cc(F)c3c2Cc2ccncc2-3)nc2cc3c(cc21)c(C)c(C)c1ccccc13.[2H]C([2H])([2H])c1cc(-c2[c-]cc(-c3ccccc3)cc2F)ncc1[Si](C)(C)C.[Ir]. The Bertz CT molecular complexity index is 4010. The van der Waals surface area contributed by atoms with Crippen LogP contribution >= 0.6 is 0 Å². The summed E-state index contributed by atoms with van der Waals surface area (Å²) in [6.07, 6.45) is 5.76. The first-order chi connectivity index (χ1) is 35.5. The van der Waals surface area contributed by atoms with Crippen LogP contribution in [0.1, 0.15) is 43.1 Å². The van der Waals surface area contributed by atoms with Gasteiger partial charge in [0.25, 0.3) is 0 Å². The third kappa shape index (κ3) is 8.51. The number of benzene rings is 8. The van der Waals surface area contributed by atoms with Crippen LogP contribution in [-0.4, -0.2) is 27.6 Å². The number of hydrogen-bond acceptors (Lipinski definition) is 3. The molecule has 1 aliphatic rings. The number of rotatable bonds is 6. The average Bonchev–Trinajstić information content (AvgIpc) is 3.98. The zero-order valence-electron chi connectivity index (χ0n) is 44.1. The van der Waals surface area contributed by atoms with E-state index in [4.69, 9.17) is 9.10 Å². The molecule has 1 aliphatic carbocycles. The van der Waals surface area contributed by atoms with Gasteiger partial charge in [-0.1, -0.05) is 138 Å². The smallest absolute Gasteiger partial charge is 0.0798 e. The first kappa shape index (κ1) is 44.7. The van der Waals surface area contributed by atoms with Crippen LogP contribution in [0.15, 0.2) is 158 Å². The van der Waals surface area contributed by atoms with Gasteiger partial charge in [-0.15, -0.1) is 41.5 Å². The molecule has 0 saturated heterocycles. The zero-order valence-corrected chi connectivity index (χ0v) is 44.5. The largest absolute Gasteiger partial charge is 0.333 e. The molecule has 0 atom stereocenters. The number of imidazole rings is 1. The van der Waals surface area contributed by atoms with E-state index in [1.807, 2.05) is 42.5 Å². The summed E-state index contributed by atoms with van der Waals surface area (Å²) in [6.45, 7) is 12.7. The van der Waals surface area contributed by atoms with E-state index >= 15 is 4.39 Å². The molecule has 1 radical (unpaired) electrons. The Morgan fingerprint density at radius 2 is 1.28 bits per heavy atom. The van der Waals surface area contributed by atoms with E-state index in [0.717, 1.165) is 66.7 Å². The van der Waals surface area contributed by atoms with Gasteiger partial charge in [-0.25, -0.2) is 0 Å². The maximum atomic E-state index is 15.6. The van der Waals surface area contributed by atoms with Gasteiger partial charge < -0.3 is 9.55 Å². The Morgan fingerprint density at radius 3 is 1.96 bits per heavy atom. The topological polar surface area (TPSA) is 43.6 Å². The van der Waals surface area contributed by atoms with E-state index in [1.54, 1.807) is 24.7 Å². The summed E-state index contributed by atoms with van der Waals surface area (Å²) in [7, 11) is -1.90. The molecular formula is C64H52F2IrN4Si-2.